The fourth-order valence-corrected chi connectivity index (χ4v) is 2.18. The molecular formula is C13H19FN2. The molecule has 0 saturated carbocycles. The van der Waals surface area contributed by atoms with Gasteiger partial charge < -0.3 is 5.32 Å². The van der Waals surface area contributed by atoms with Gasteiger partial charge in [-0.2, -0.15) is 0 Å². The zero-order valence-corrected chi connectivity index (χ0v) is 9.75. The molecule has 1 unspecified atom stereocenters. The van der Waals surface area contributed by atoms with Gasteiger partial charge in [-0.15, -0.1) is 0 Å². The van der Waals surface area contributed by atoms with E-state index in [2.05, 4.69) is 17.1 Å². The zero-order valence-electron chi connectivity index (χ0n) is 9.75. The van der Waals surface area contributed by atoms with E-state index in [9.17, 15) is 4.39 Å². The molecule has 16 heavy (non-hydrogen) atoms. The summed E-state index contributed by atoms with van der Waals surface area (Å²) in [5.74, 6) is -0.0888. The normalized spacial score (nSPS) is 22.2. The van der Waals surface area contributed by atoms with Crippen molar-refractivity contribution >= 4 is 0 Å². The van der Waals surface area contributed by atoms with E-state index in [0.29, 0.717) is 6.04 Å². The quantitative estimate of drug-likeness (QED) is 0.841. The molecule has 1 heterocycles. The molecule has 0 radical (unpaired) electrons. The molecule has 2 rings (SSSR count). The van der Waals surface area contributed by atoms with Gasteiger partial charge in [-0.1, -0.05) is 25.1 Å². The molecule has 1 aliphatic rings. The fraction of sp³-hybridized carbons (Fsp3) is 0.538. The highest BCUT2D eigenvalue weighted by molar-refractivity contribution is 5.17. The molecule has 0 aliphatic carbocycles. The van der Waals surface area contributed by atoms with Gasteiger partial charge in [0.05, 0.1) is 0 Å². The monoisotopic (exact) mass is 222 g/mol. The van der Waals surface area contributed by atoms with Crippen molar-refractivity contribution in [3.8, 4) is 0 Å². The van der Waals surface area contributed by atoms with Crippen LogP contribution >= 0.6 is 0 Å². The van der Waals surface area contributed by atoms with Crippen LogP contribution in [-0.2, 0) is 6.54 Å². The molecule has 1 aromatic rings. The molecule has 1 fully saturated rings. The van der Waals surface area contributed by atoms with Crippen molar-refractivity contribution < 1.29 is 4.39 Å². The number of halogens is 1. The van der Waals surface area contributed by atoms with Crippen molar-refractivity contribution in [3.05, 3.63) is 35.6 Å². The lowest BCUT2D eigenvalue weighted by molar-refractivity contribution is 0.188. The standard InChI is InChI=1S/C13H19FN2/c1-2-12-10-16(8-7-15-12)9-11-5-3-4-6-13(11)14/h3-6,12,15H,2,7-10H2,1H3. The predicted molar refractivity (Wildman–Crippen MR) is 63.8 cm³/mol. The third-order valence-corrected chi connectivity index (χ3v) is 3.18. The van der Waals surface area contributed by atoms with Crippen molar-refractivity contribution in [2.45, 2.75) is 25.9 Å². The smallest absolute Gasteiger partial charge is 0.127 e. The molecule has 88 valence electrons. The van der Waals surface area contributed by atoms with E-state index in [4.69, 9.17) is 0 Å². The van der Waals surface area contributed by atoms with E-state index < -0.39 is 0 Å². The van der Waals surface area contributed by atoms with Crippen LogP contribution in [0.2, 0.25) is 0 Å². The van der Waals surface area contributed by atoms with Crippen LogP contribution < -0.4 is 5.32 Å². The Hall–Kier alpha value is -0.930. The van der Waals surface area contributed by atoms with Crippen LogP contribution in [0.1, 0.15) is 18.9 Å². The fourth-order valence-electron chi connectivity index (χ4n) is 2.18. The maximum absolute atomic E-state index is 13.5. The highest BCUT2D eigenvalue weighted by Gasteiger charge is 2.18. The molecule has 2 nitrogen and oxygen atoms in total. The summed E-state index contributed by atoms with van der Waals surface area (Å²) in [7, 11) is 0. The van der Waals surface area contributed by atoms with Gasteiger partial charge in [-0.3, -0.25) is 4.90 Å². The van der Waals surface area contributed by atoms with Crippen LogP contribution in [0.25, 0.3) is 0 Å². The Balaban J connectivity index is 1.97. The number of hydrogen-bond acceptors (Lipinski definition) is 2. The van der Waals surface area contributed by atoms with Gasteiger partial charge in [-0.05, 0) is 12.5 Å². The largest absolute Gasteiger partial charge is 0.311 e. The molecule has 1 atom stereocenters. The second-order valence-electron chi connectivity index (χ2n) is 4.39. The van der Waals surface area contributed by atoms with E-state index in [1.165, 1.54) is 6.07 Å². The minimum atomic E-state index is -0.0888. The Kier molecular flexibility index (Phi) is 3.91. The van der Waals surface area contributed by atoms with Gasteiger partial charge in [0.1, 0.15) is 5.82 Å². The molecule has 0 spiro atoms. The van der Waals surface area contributed by atoms with E-state index in [1.807, 2.05) is 12.1 Å². The van der Waals surface area contributed by atoms with Crippen LogP contribution in [0.4, 0.5) is 4.39 Å². The lowest BCUT2D eigenvalue weighted by atomic mass is 10.1. The van der Waals surface area contributed by atoms with Crippen LogP contribution in [0.5, 0.6) is 0 Å². The summed E-state index contributed by atoms with van der Waals surface area (Å²) in [5, 5.41) is 3.46. The SMILES string of the molecule is CCC1CN(Cc2ccccc2F)CCN1. The van der Waals surface area contributed by atoms with Crippen molar-refractivity contribution in [1.82, 2.24) is 10.2 Å². The Morgan fingerprint density at radius 2 is 2.25 bits per heavy atom. The highest BCUT2D eigenvalue weighted by Crippen LogP contribution is 2.12. The van der Waals surface area contributed by atoms with Crippen LogP contribution in [-0.4, -0.2) is 30.6 Å². The van der Waals surface area contributed by atoms with E-state index >= 15 is 0 Å². The third kappa shape index (κ3) is 2.80. The summed E-state index contributed by atoms with van der Waals surface area (Å²) in [6, 6.07) is 7.61. The van der Waals surface area contributed by atoms with Gasteiger partial charge in [0.2, 0.25) is 0 Å². The number of nitrogens with zero attached hydrogens (tertiary/aromatic N) is 1. The number of hydrogen-bond donors (Lipinski definition) is 1. The Labute approximate surface area is 96.5 Å². The molecule has 0 amide bonds. The first kappa shape index (κ1) is 11.6. The van der Waals surface area contributed by atoms with Crippen LogP contribution in [0.3, 0.4) is 0 Å². The maximum atomic E-state index is 13.5. The van der Waals surface area contributed by atoms with Crippen LogP contribution in [0, 0.1) is 5.82 Å². The Morgan fingerprint density at radius 1 is 1.44 bits per heavy atom. The average molecular weight is 222 g/mol. The van der Waals surface area contributed by atoms with Gasteiger partial charge >= 0.3 is 0 Å². The van der Waals surface area contributed by atoms with Gasteiger partial charge in [0.25, 0.3) is 0 Å². The number of rotatable bonds is 3. The molecule has 1 N–H and O–H groups in total. The summed E-state index contributed by atoms with van der Waals surface area (Å²) >= 11 is 0. The molecule has 0 aromatic heterocycles. The highest BCUT2D eigenvalue weighted by atomic mass is 19.1. The molecule has 0 bridgehead atoms. The van der Waals surface area contributed by atoms with Crippen molar-refractivity contribution in [2.75, 3.05) is 19.6 Å². The zero-order chi connectivity index (χ0) is 11.4. The summed E-state index contributed by atoms with van der Waals surface area (Å²) < 4.78 is 13.5. The average Bonchev–Trinajstić information content (AvgIpc) is 2.32. The minimum Gasteiger partial charge on any atom is -0.311 e. The van der Waals surface area contributed by atoms with Gasteiger partial charge in [-0.25, -0.2) is 4.39 Å². The first-order valence-electron chi connectivity index (χ1n) is 5.98. The lowest BCUT2D eigenvalue weighted by Gasteiger charge is -2.33. The van der Waals surface area contributed by atoms with E-state index in [-0.39, 0.29) is 5.82 Å². The van der Waals surface area contributed by atoms with Crippen molar-refractivity contribution in [1.29, 1.82) is 0 Å². The van der Waals surface area contributed by atoms with Crippen molar-refractivity contribution in [2.24, 2.45) is 0 Å². The first-order chi connectivity index (χ1) is 7.79. The third-order valence-electron chi connectivity index (χ3n) is 3.18. The minimum absolute atomic E-state index is 0.0888. The Morgan fingerprint density at radius 3 is 3.00 bits per heavy atom. The summed E-state index contributed by atoms with van der Waals surface area (Å²) in [6.45, 7) is 5.94. The summed E-state index contributed by atoms with van der Waals surface area (Å²) in [6.07, 6.45) is 1.13. The molecular weight excluding hydrogens is 203 g/mol. The van der Waals surface area contributed by atoms with Gasteiger partial charge in [0, 0.05) is 37.8 Å². The maximum Gasteiger partial charge on any atom is 0.127 e. The molecule has 1 saturated heterocycles. The van der Waals surface area contributed by atoms with Crippen LogP contribution in [0.15, 0.2) is 24.3 Å². The molecule has 1 aromatic carbocycles. The second kappa shape index (κ2) is 5.41. The lowest BCUT2D eigenvalue weighted by Crippen LogP contribution is -2.49. The number of nitrogens with one attached hydrogen (secondary N) is 1. The topological polar surface area (TPSA) is 15.3 Å². The van der Waals surface area contributed by atoms with E-state index in [1.54, 1.807) is 6.07 Å². The Bertz CT molecular complexity index is 340. The van der Waals surface area contributed by atoms with Gasteiger partial charge in [0.15, 0.2) is 0 Å². The molecule has 3 heteroatoms. The summed E-state index contributed by atoms with van der Waals surface area (Å²) in [5.41, 5.74) is 0.805. The summed E-state index contributed by atoms with van der Waals surface area (Å²) in [4.78, 5) is 2.32. The van der Waals surface area contributed by atoms with Crippen molar-refractivity contribution in [3.63, 3.8) is 0 Å². The number of piperazine rings is 1. The number of benzene rings is 1. The first-order valence-corrected chi connectivity index (χ1v) is 5.98. The second-order valence-corrected chi connectivity index (χ2v) is 4.39. The predicted octanol–water partition coefficient (Wildman–Crippen LogP) is 2.01. The molecule has 1 aliphatic heterocycles. The van der Waals surface area contributed by atoms with E-state index in [0.717, 1.165) is 38.2 Å².